The summed E-state index contributed by atoms with van der Waals surface area (Å²) in [5.41, 5.74) is 2.59. The van der Waals surface area contributed by atoms with Gasteiger partial charge < -0.3 is 10.1 Å². The molecule has 0 aromatic heterocycles. The van der Waals surface area contributed by atoms with Gasteiger partial charge in [0.2, 0.25) is 0 Å². The second-order valence-corrected chi connectivity index (χ2v) is 8.93. The number of hydrogen-bond donors (Lipinski definition) is 2. The Hall–Kier alpha value is -2.40. The number of carbonyl (C=O) groups is 1. The molecule has 2 rings (SSSR count). The van der Waals surface area contributed by atoms with Crippen LogP contribution in [0, 0.1) is 0 Å². The maximum absolute atomic E-state index is 12.5. The summed E-state index contributed by atoms with van der Waals surface area (Å²) >= 11 is 5.30. The Morgan fingerprint density at radius 1 is 1.00 bits per heavy atom. The van der Waals surface area contributed by atoms with E-state index < -0.39 is 0 Å². The number of thiocarbonyl (C=S) groups is 1. The van der Waals surface area contributed by atoms with Gasteiger partial charge in [0, 0.05) is 17.3 Å². The van der Waals surface area contributed by atoms with Crippen LogP contribution in [0.3, 0.4) is 0 Å². The van der Waals surface area contributed by atoms with E-state index in [9.17, 15) is 4.79 Å². The van der Waals surface area contributed by atoms with Gasteiger partial charge in [-0.1, -0.05) is 71.6 Å². The molecule has 0 spiro atoms. The van der Waals surface area contributed by atoms with Gasteiger partial charge >= 0.3 is 0 Å². The summed E-state index contributed by atoms with van der Waals surface area (Å²) in [4.78, 5) is 12.5. The number of ether oxygens (including phenoxy) is 1. The molecule has 0 radical (unpaired) electrons. The lowest BCUT2D eigenvalue weighted by molar-refractivity contribution is 0.0977. The molecule has 162 valence electrons. The Balaban J connectivity index is 1.83. The van der Waals surface area contributed by atoms with E-state index in [1.807, 2.05) is 48.5 Å². The Morgan fingerprint density at radius 2 is 1.70 bits per heavy atom. The van der Waals surface area contributed by atoms with Crippen molar-refractivity contribution in [1.29, 1.82) is 0 Å². The number of anilines is 1. The van der Waals surface area contributed by atoms with Crippen molar-refractivity contribution in [2.24, 2.45) is 0 Å². The SMILES string of the molecule is CCCCCCCOc1cccc(NC(=S)NC(=O)c2ccc(C(C)(C)C)cc2)c1. The van der Waals surface area contributed by atoms with E-state index in [1.54, 1.807) is 0 Å². The Kier molecular flexibility index (Phi) is 9.31. The smallest absolute Gasteiger partial charge is 0.257 e. The van der Waals surface area contributed by atoms with Gasteiger partial charge in [0.1, 0.15) is 5.75 Å². The van der Waals surface area contributed by atoms with E-state index in [0.29, 0.717) is 12.2 Å². The molecule has 0 saturated heterocycles. The fourth-order valence-corrected chi connectivity index (χ4v) is 3.23. The molecule has 0 bridgehead atoms. The molecule has 0 unspecified atom stereocenters. The number of hydrogen-bond acceptors (Lipinski definition) is 3. The first-order valence-electron chi connectivity index (χ1n) is 10.8. The molecule has 0 saturated carbocycles. The van der Waals surface area contributed by atoms with Crippen LogP contribution in [0.15, 0.2) is 48.5 Å². The van der Waals surface area contributed by atoms with Crippen molar-refractivity contribution in [3.05, 3.63) is 59.7 Å². The standard InChI is InChI=1S/C25H34N2O2S/c1-5-6-7-8-9-17-29-22-12-10-11-21(18-22)26-24(30)27-23(28)19-13-15-20(16-14-19)25(2,3)4/h10-16,18H,5-9,17H2,1-4H3,(H2,26,27,28,30). The van der Waals surface area contributed by atoms with Crippen LogP contribution in [0.1, 0.15) is 75.7 Å². The molecule has 0 aliphatic heterocycles. The highest BCUT2D eigenvalue weighted by molar-refractivity contribution is 7.80. The van der Waals surface area contributed by atoms with Gasteiger partial charge in [-0.2, -0.15) is 0 Å². The number of carbonyl (C=O) groups excluding carboxylic acids is 1. The first kappa shape index (κ1) is 23.9. The van der Waals surface area contributed by atoms with Crippen molar-refractivity contribution < 1.29 is 9.53 Å². The van der Waals surface area contributed by atoms with Crippen LogP contribution >= 0.6 is 12.2 Å². The fourth-order valence-electron chi connectivity index (χ4n) is 3.02. The quantitative estimate of drug-likeness (QED) is 0.357. The summed E-state index contributed by atoms with van der Waals surface area (Å²) in [7, 11) is 0. The largest absolute Gasteiger partial charge is 0.494 e. The number of amides is 1. The second-order valence-electron chi connectivity index (χ2n) is 8.53. The van der Waals surface area contributed by atoms with Crippen LogP contribution in [-0.4, -0.2) is 17.6 Å². The summed E-state index contributed by atoms with van der Waals surface area (Å²) in [5.74, 6) is 0.565. The summed E-state index contributed by atoms with van der Waals surface area (Å²) in [6, 6.07) is 15.2. The average molecular weight is 427 g/mol. The highest BCUT2D eigenvalue weighted by Crippen LogP contribution is 2.22. The molecule has 5 heteroatoms. The predicted molar refractivity (Wildman–Crippen MR) is 130 cm³/mol. The van der Waals surface area contributed by atoms with Crippen molar-refractivity contribution in [3.63, 3.8) is 0 Å². The zero-order valence-corrected chi connectivity index (χ0v) is 19.4. The molecule has 1 amide bonds. The van der Waals surface area contributed by atoms with Gasteiger partial charge in [0.15, 0.2) is 5.11 Å². The molecule has 2 aromatic rings. The third-order valence-corrected chi connectivity index (χ3v) is 5.05. The van der Waals surface area contributed by atoms with Crippen molar-refractivity contribution >= 4 is 28.9 Å². The zero-order chi connectivity index (χ0) is 22.0. The molecule has 30 heavy (non-hydrogen) atoms. The van der Waals surface area contributed by atoms with E-state index in [2.05, 4.69) is 38.3 Å². The Morgan fingerprint density at radius 3 is 2.37 bits per heavy atom. The molecule has 4 nitrogen and oxygen atoms in total. The normalized spacial score (nSPS) is 11.1. The van der Waals surface area contributed by atoms with Crippen LogP contribution in [0.25, 0.3) is 0 Å². The Labute approximate surface area is 186 Å². The van der Waals surface area contributed by atoms with Crippen molar-refractivity contribution in [2.75, 3.05) is 11.9 Å². The lowest BCUT2D eigenvalue weighted by atomic mass is 9.87. The molecule has 0 heterocycles. The maximum Gasteiger partial charge on any atom is 0.257 e. The lowest BCUT2D eigenvalue weighted by Gasteiger charge is -2.19. The highest BCUT2D eigenvalue weighted by atomic mass is 32.1. The Bertz CT molecular complexity index is 826. The van der Waals surface area contributed by atoms with E-state index in [1.165, 1.54) is 31.2 Å². The third kappa shape index (κ3) is 8.15. The first-order valence-corrected chi connectivity index (χ1v) is 11.2. The molecule has 0 atom stereocenters. The highest BCUT2D eigenvalue weighted by Gasteiger charge is 2.14. The van der Waals surface area contributed by atoms with E-state index in [-0.39, 0.29) is 16.4 Å². The molecule has 0 aliphatic rings. The lowest BCUT2D eigenvalue weighted by Crippen LogP contribution is -2.34. The van der Waals surface area contributed by atoms with E-state index in [4.69, 9.17) is 17.0 Å². The second kappa shape index (κ2) is 11.7. The fraction of sp³-hybridized carbons (Fsp3) is 0.440. The van der Waals surface area contributed by atoms with Gasteiger partial charge in [-0.25, -0.2) is 0 Å². The number of nitrogens with one attached hydrogen (secondary N) is 2. The molecule has 0 fully saturated rings. The first-order chi connectivity index (χ1) is 14.3. The zero-order valence-electron chi connectivity index (χ0n) is 18.6. The van der Waals surface area contributed by atoms with E-state index >= 15 is 0 Å². The van der Waals surface area contributed by atoms with Crippen LogP contribution in [0.2, 0.25) is 0 Å². The van der Waals surface area contributed by atoms with Gasteiger partial charge in [-0.05, 0) is 53.9 Å². The van der Waals surface area contributed by atoms with Crippen LogP contribution in [-0.2, 0) is 5.41 Å². The minimum atomic E-state index is -0.229. The molecule has 2 aromatic carbocycles. The predicted octanol–water partition coefficient (Wildman–Crippen LogP) is 6.46. The number of rotatable bonds is 9. The molecular weight excluding hydrogens is 392 g/mol. The summed E-state index contributed by atoms with van der Waals surface area (Å²) in [6.07, 6.45) is 6.03. The number of unbranched alkanes of at least 4 members (excludes halogenated alkanes) is 4. The van der Waals surface area contributed by atoms with E-state index in [0.717, 1.165) is 17.9 Å². The molecule has 2 N–H and O–H groups in total. The van der Waals surface area contributed by atoms with Crippen molar-refractivity contribution in [1.82, 2.24) is 5.32 Å². The minimum absolute atomic E-state index is 0.0501. The van der Waals surface area contributed by atoms with Crippen LogP contribution < -0.4 is 15.4 Å². The maximum atomic E-state index is 12.5. The summed E-state index contributed by atoms with van der Waals surface area (Å²) in [5, 5.41) is 6.05. The van der Waals surface area contributed by atoms with Gasteiger partial charge in [0.25, 0.3) is 5.91 Å². The monoisotopic (exact) mass is 426 g/mol. The van der Waals surface area contributed by atoms with Gasteiger partial charge in [-0.3, -0.25) is 10.1 Å². The summed E-state index contributed by atoms with van der Waals surface area (Å²) < 4.78 is 5.83. The van der Waals surface area contributed by atoms with Crippen molar-refractivity contribution in [3.8, 4) is 5.75 Å². The average Bonchev–Trinajstić information content (AvgIpc) is 2.70. The third-order valence-electron chi connectivity index (χ3n) is 4.85. The number of benzene rings is 2. The van der Waals surface area contributed by atoms with Crippen molar-refractivity contribution in [2.45, 2.75) is 65.2 Å². The topological polar surface area (TPSA) is 50.4 Å². The molecule has 0 aliphatic carbocycles. The minimum Gasteiger partial charge on any atom is -0.494 e. The van der Waals surface area contributed by atoms with Crippen LogP contribution in [0.4, 0.5) is 5.69 Å². The molecular formula is C25H34N2O2S. The van der Waals surface area contributed by atoms with Gasteiger partial charge in [-0.15, -0.1) is 0 Å². The van der Waals surface area contributed by atoms with Crippen LogP contribution in [0.5, 0.6) is 5.75 Å². The summed E-state index contributed by atoms with van der Waals surface area (Å²) in [6.45, 7) is 9.35. The van der Waals surface area contributed by atoms with Gasteiger partial charge in [0.05, 0.1) is 6.61 Å².